The average molecular weight is 697 g/mol. The molecule has 4 bridgehead atoms. The van der Waals surface area contributed by atoms with Crippen LogP contribution in [0.1, 0.15) is 25.0 Å². The van der Waals surface area contributed by atoms with Crippen LogP contribution in [0.3, 0.4) is 0 Å². The maximum Gasteiger partial charge on any atom is 0.264 e. The van der Waals surface area contributed by atoms with E-state index in [1.165, 1.54) is 62.8 Å². The zero-order chi connectivity index (χ0) is 32.1. The molecule has 0 radical (unpaired) electrons. The van der Waals surface area contributed by atoms with Gasteiger partial charge < -0.3 is 30.6 Å². The van der Waals surface area contributed by atoms with Gasteiger partial charge in [0.05, 0.1) is 10.8 Å². The molecule has 2 aromatic carbocycles. The molecule has 10 atom stereocenters. The number of piperazine rings is 2. The number of hydrogen-bond donors (Lipinski definition) is 4. The Kier molecular flexibility index (Phi) is 4.87. The van der Waals surface area contributed by atoms with E-state index >= 15 is 0 Å². The topological polar surface area (TPSA) is 146 Å². The van der Waals surface area contributed by atoms with Gasteiger partial charge in [0.25, 0.3) is 23.6 Å². The normalized spacial score (nSPS) is 47.0. The van der Waals surface area contributed by atoms with Gasteiger partial charge in [-0.1, -0.05) is 58.0 Å². The molecule has 46 heavy (non-hydrogen) atoms. The van der Waals surface area contributed by atoms with Crippen molar-refractivity contribution in [1.82, 2.24) is 19.6 Å². The molecule has 0 saturated carbocycles. The smallest absolute Gasteiger partial charge is 0.264 e. The number of likely N-dealkylation sites (N-methyl/N-ethyl adjacent to an activating group) is 2. The second-order valence-corrected chi connectivity index (χ2v) is 19.0. The van der Waals surface area contributed by atoms with Gasteiger partial charge in [-0.15, -0.1) is 0 Å². The van der Waals surface area contributed by atoms with E-state index in [-0.39, 0.29) is 11.8 Å². The molecule has 8 saturated heterocycles. The second-order valence-electron chi connectivity index (χ2n) is 13.5. The zero-order valence-corrected chi connectivity index (χ0v) is 28.1. The van der Waals surface area contributed by atoms with Crippen LogP contribution in [-0.4, -0.2) is 112 Å². The summed E-state index contributed by atoms with van der Waals surface area (Å²) in [6.07, 6.45) is -5.21. The van der Waals surface area contributed by atoms with E-state index in [1.807, 2.05) is 48.5 Å². The summed E-state index contributed by atoms with van der Waals surface area (Å²) < 4.78 is 0. The van der Waals surface area contributed by atoms with E-state index in [9.17, 15) is 29.4 Å². The minimum absolute atomic E-state index is 0.342. The zero-order valence-electron chi connectivity index (χ0n) is 24.9. The number of aliphatic hydroxyl groups is 2. The summed E-state index contributed by atoms with van der Waals surface area (Å²) >= 11 is 0. The lowest BCUT2D eigenvalue weighted by Crippen LogP contribution is -2.77. The largest absolute Gasteiger partial charge is 0.388 e. The maximum atomic E-state index is 14.7. The van der Waals surface area contributed by atoms with Crippen LogP contribution < -0.4 is 10.6 Å². The first kappa shape index (κ1) is 28.3. The van der Waals surface area contributed by atoms with Gasteiger partial charge in [-0.05, 0) is 58.7 Å². The van der Waals surface area contributed by atoms with E-state index in [2.05, 4.69) is 10.6 Å². The van der Waals surface area contributed by atoms with Gasteiger partial charge in [0.15, 0.2) is 9.74 Å². The molecule has 4 N–H and O–H groups in total. The first-order chi connectivity index (χ1) is 21.8. The third kappa shape index (κ3) is 2.30. The molecular formula is C30H28N6O6S4. The number of amides is 4. The van der Waals surface area contributed by atoms with Crippen LogP contribution in [0.15, 0.2) is 48.5 Å². The molecule has 2 aromatic rings. The molecule has 10 heterocycles. The Morgan fingerprint density at radius 1 is 0.609 bits per heavy atom. The molecule has 0 aromatic heterocycles. The van der Waals surface area contributed by atoms with Crippen LogP contribution >= 0.6 is 43.2 Å². The van der Waals surface area contributed by atoms with Gasteiger partial charge in [-0.25, -0.2) is 0 Å². The van der Waals surface area contributed by atoms with Crippen molar-refractivity contribution < 1.29 is 29.4 Å². The van der Waals surface area contributed by atoms with Crippen LogP contribution in [0.4, 0.5) is 11.4 Å². The van der Waals surface area contributed by atoms with Gasteiger partial charge in [0.2, 0.25) is 9.74 Å². The van der Waals surface area contributed by atoms with E-state index in [4.69, 9.17) is 0 Å². The summed E-state index contributed by atoms with van der Waals surface area (Å²) in [5.41, 5.74) is -0.775. The molecule has 12 rings (SSSR count). The number of aliphatic hydroxyl groups excluding tert-OH is 2. The number of nitrogens with zero attached hydrogens (tertiary/aromatic N) is 4. The molecule has 10 aliphatic rings. The molecule has 0 aliphatic carbocycles. The molecule has 2 spiro atoms. The summed E-state index contributed by atoms with van der Waals surface area (Å²) in [4.78, 5) is 58.2. The molecule has 8 fully saturated rings. The van der Waals surface area contributed by atoms with E-state index in [1.54, 1.807) is 27.9 Å². The highest BCUT2D eigenvalue weighted by Crippen LogP contribution is 2.78. The SMILES string of the molecule is CN1C(=O)[C@]23SS[C@@]1(C)C(=O)N2[C@H]1Nc2ccccc2[C@@]1([C@]12c4ccccc4N[C@H]1N1C(=O)[C@@]4(C)SS[C@@]1(C(=O)N4C)[C@@H]2O)[C@@H]3O. The van der Waals surface area contributed by atoms with Crippen molar-refractivity contribution in [3.05, 3.63) is 59.7 Å². The van der Waals surface area contributed by atoms with Crippen molar-refractivity contribution in [2.75, 3.05) is 24.7 Å². The second kappa shape index (κ2) is 7.92. The Labute approximate surface area is 279 Å². The van der Waals surface area contributed by atoms with Crippen LogP contribution in [0.25, 0.3) is 0 Å². The summed E-state index contributed by atoms with van der Waals surface area (Å²) in [5.74, 6) is -1.52. The van der Waals surface area contributed by atoms with Gasteiger partial charge in [-0.3, -0.25) is 29.0 Å². The Hall–Kier alpha value is -2.76. The Morgan fingerprint density at radius 3 is 1.37 bits per heavy atom. The minimum Gasteiger partial charge on any atom is -0.388 e. The van der Waals surface area contributed by atoms with Crippen molar-refractivity contribution in [3.63, 3.8) is 0 Å². The molecule has 238 valence electrons. The van der Waals surface area contributed by atoms with Crippen LogP contribution in [0.5, 0.6) is 0 Å². The van der Waals surface area contributed by atoms with Gasteiger partial charge >= 0.3 is 0 Å². The predicted molar refractivity (Wildman–Crippen MR) is 175 cm³/mol. The summed E-state index contributed by atoms with van der Waals surface area (Å²) in [7, 11) is 7.98. The summed E-state index contributed by atoms with van der Waals surface area (Å²) in [6.45, 7) is 3.42. The fraction of sp³-hybridized carbons (Fsp3) is 0.467. The van der Waals surface area contributed by atoms with E-state index < -0.39 is 66.7 Å². The van der Waals surface area contributed by atoms with Crippen molar-refractivity contribution in [3.8, 4) is 0 Å². The molecular weight excluding hydrogens is 669 g/mol. The van der Waals surface area contributed by atoms with Gasteiger partial charge in [0, 0.05) is 25.5 Å². The number of carbonyl (C=O) groups excluding carboxylic acids is 4. The minimum atomic E-state index is -1.76. The third-order valence-electron chi connectivity index (χ3n) is 12.1. The fourth-order valence-corrected chi connectivity index (χ4v) is 16.9. The standard InChI is InChI=1S/C30H28N6O6S4/c1-25-21(39)35-19-27(13-9-5-7-11-15(13)31-19,17(37)29(35,45-43-25)23(41)33(25)3)28-14-10-6-8-12-16(14)32-20(28)36-22(40)26(2)34(4)24(42)30(36,18(28)38)46-44-26/h5-12,17-20,31-32,37-38H,1-4H3/t17-,18+,19+,20-,25-,26+,27+,28-,29-,30+. The number of rotatable bonds is 1. The number of carbonyl (C=O) groups is 4. The number of para-hydroxylation sites is 2. The summed E-state index contributed by atoms with van der Waals surface area (Å²) in [6, 6.07) is 14.8. The Bertz CT molecular complexity index is 1760. The van der Waals surface area contributed by atoms with Crippen LogP contribution in [-0.2, 0) is 30.0 Å². The number of hydrogen-bond acceptors (Lipinski definition) is 12. The maximum absolute atomic E-state index is 14.7. The van der Waals surface area contributed by atoms with Gasteiger partial charge in [-0.2, -0.15) is 0 Å². The molecule has 0 unspecified atom stereocenters. The Morgan fingerprint density at radius 2 is 0.978 bits per heavy atom. The van der Waals surface area contributed by atoms with Crippen molar-refractivity contribution in [2.45, 2.75) is 68.7 Å². The van der Waals surface area contributed by atoms with Gasteiger partial charge in [0.1, 0.15) is 24.5 Å². The lowest BCUT2D eigenvalue weighted by atomic mass is 9.52. The quantitative estimate of drug-likeness (QED) is 0.320. The molecule has 10 aliphatic heterocycles. The summed E-state index contributed by atoms with van der Waals surface area (Å²) in [5, 5.41) is 33.6. The average Bonchev–Trinajstić information content (AvgIpc) is 3.70. The fourth-order valence-electron chi connectivity index (χ4n) is 9.79. The predicted octanol–water partition coefficient (Wildman–Crippen LogP) is 1.33. The van der Waals surface area contributed by atoms with Crippen molar-refractivity contribution in [1.29, 1.82) is 0 Å². The molecule has 4 amide bonds. The highest BCUT2D eigenvalue weighted by atomic mass is 33.1. The van der Waals surface area contributed by atoms with Crippen LogP contribution in [0.2, 0.25) is 0 Å². The third-order valence-corrected chi connectivity index (χ3v) is 19.5. The number of nitrogens with one attached hydrogen (secondary N) is 2. The number of anilines is 2. The number of benzene rings is 2. The Balaban J connectivity index is 1.36. The van der Waals surface area contributed by atoms with Crippen LogP contribution in [0, 0.1) is 0 Å². The molecule has 16 heteroatoms. The first-order valence-corrected chi connectivity index (χ1v) is 19.2. The molecule has 12 nitrogen and oxygen atoms in total. The highest BCUT2D eigenvalue weighted by molar-refractivity contribution is 8.78. The van der Waals surface area contributed by atoms with E-state index in [0.29, 0.717) is 22.5 Å². The van der Waals surface area contributed by atoms with Crippen molar-refractivity contribution in [2.24, 2.45) is 0 Å². The highest BCUT2D eigenvalue weighted by Gasteiger charge is 2.92. The lowest BCUT2D eigenvalue weighted by Gasteiger charge is -2.58. The first-order valence-electron chi connectivity index (χ1n) is 14.9. The monoisotopic (exact) mass is 696 g/mol. The van der Waals surface area contributed by atoms with Crippen molar-refractivity contribution >= 4 is 78.2 Å². The van der Waals surface area contributed by atoms with E-state index in [0.717, 1.165) is 0 Å². The lowest BCUT2D eigenvalue weighted by molar-refractivity contribution is -0.166. The number of fused-ring (bicyclic) bond motifs is 11.